The van der Waals surface area contributed by atoms with Crippen LogP contribution < -0.4 is 14.8 Å². The molecule has 0 amide bonds. The highest BCUT2D eigenvalue weighted by Gasteiger charge is 2.16. The van der Waals surface area contributed by atoms with Gasteiger partial charge in [0.2, 0.25) is 0 Å². The molecule has 1 N–H and O–H groups in total. The Morgan fingerprint density at radius 3 is 2.42 bits per heavy atom. The van der Waals surface area contributed by atoms with Gasteiger partial charge in [-0.1, -0.05) is 0 Å². The topological polar surface area (TPSA) is 43.6 Å². The number of benzene rings is 1. The van der Waals surface area contributed by atoms with Crippen molar-refractivity contribution >= 4 is 15.9 Å². The number of rotatable bonds is 5. The summed E-state index contributed by atoms with van der Waals surface area (Å²) in [7, 11) is 5.15. The molecule has 1 aromatic carbocycles. The molecule has 1 heterocycles. The van der Waals surface area contributed by atoms with Crippen LogP contribution in [0.4, 0.5) is 0 Å². The van der Waals surface area contributed by atoms with Gasteiger partial charge >= 0.3 is 0 Å². The minimum atomic E-state index is 0.681. The van der Waals surface area contributed by atoms with E-state index in [2.05, 4.69) is 21.2 Å². The lowest BCUT2D eigenvalue weighted by molar-refractivity contribution is 0.354. The third-order valence-electron chi connectivity index (χ3n) is 2.84. The highest BCUT2D eigenvalue weighted by atomic mass is 79.9. The van der Waals surface area contributed by atoms with Gasteiger partial charge in [0.1, 0.15) is 5.76 Å². The second kappa shape index (κ2) is 6.12. The van der Waals surface area contributed by atoms with E-state index >= 15 is 0 Å². The molecule has 0 unspecified atom stereocenters. The van der Waals surface area contributed by atoms with E-state index in [0.29, 0.717) is 18.0 Å². The molecule has 19 heavy (non-hydrogen) atoms. The molecule has 0 aliphatic carbocycles. The maximum atomic E-state index is 5.54. The van der Waals surface area contributed by atoms with Crippen LogP contribution in [0.1, 0.15) is 5.56 Å². The van der Waals surface area contributed by atoms with Gasteiger partial charge in [-0.2, -0.15) is 0 Å². The Kier molecular flexibility index (Phi) is 4.50. The molecule has 1 aromatic heterocycles. The highest BCUT2D eigenvalue weighted by Crippen LogP contribution is 2.38. The molecule has 0 radical (unpaired) electrons. The maximum absolute atomic E-state index is 5.54. The number of halogens is 1. The summed E-state index contributed by atoms with van der Waals surface area (Å²) >= 11 is 3.48. The van der Waals surface area contributed by atoms with E-state index in [-0.39, 0.29) is 0 Å². The summed E-state index contributed by atoms with van der Waals surface area (Å²) in [5, 5.41) is 3.14. The van der Waals surface area contributed by atoms with E-state index < -0.39 is 0 Å². The first kappa shape index (κ1) is 14.0. The van der Waals surface area contributed by atoms with Gasteiger partial charge in [-0.15, -0.1) is 0 Å². The number of ether oxygens (including phenoxy) is 2. The van der Waals surface area contributed by atoms with Gasteiger partial charge in [0.25, 0.3) is 0 Å². The van der Waals surface area contributed by atoms with E-state index in [0.717, 1.165) is 21.4 Å². The van der Waals surface area contributed by atoms with E-state index in [1.807, 2.05) is 25.2 Å². The zero-order valence-electron chi connectivity index (χ0n) is 11.1. The fourth-order valence-electron chi connectivity index (χ4n) is 1.96. The van der Waals surface area contributed by atoms with Gasteiger partial charge in [0.15, 0.2) is 11.5 Å². The lowest BCUT2D eigenvalue weighted by atomic mass is 10.0. The Morgan fingerprint density at radius 2 is 1.89 bits per heavy atom. The average Bonchev–Trinajstić information content (AvgIpc) is 2.84. The second-order valence-electron chi connectivity index (χ2n) is 3.99. The van der Waals surface area contributed by atoms with E-state index in [1.54, 1.807) is 20.5 Å². The highest BCUT2D eigenvalue weighted by molar-refractivity contribution is 9.10. The van der Waals surface area contributed by atoms with Gasteiger partial charge in [-0.05, 0) is 46.7 Å². The molecular formula is C14H16BrNO3. The van der Waals surface area contributed by atoms with Crippen molar-refractivity contribution in [3.63, 3.8) is 0 Å². The second-order valence-corrected chi connectivity index (χ2v) is 4.85. The molecule has 0 saturated heterocycles. The summed E-state index contributed by atoms with van der Waals surface area (Å²) in [5.41, 5.74) is 2.06. The normalized spacial score (nSPS) is 10.5. The van der Waals surface area contributed by atoms with Crippen molar-refractivity contribution in [1.82, 2.24) is 5.32 Å². The first-order valence-electron chi connectivity index (χ1n) is 5.84. The van der Waals surface area contributed by atoms with Crippen LogP contribution in [0.5, 0.6) is 11.5 Å². The predicted octanol–water partition coefficient (Wildman–Crippen LogP) is 3.45. The molecule has 5 heteroatoms. The standard InChI is InChI=1S/C14H16BrNO3/c1-16-8-9-6-12(17-2)13(18-3)7-10(9)14-11(15)4-5-19-14/h4-7,16H,8H2,1-3H3. The Hall–Kier alpha value is -1.46. The average molecular weight is 326 g/mol. The van der Waals surface area contributed by atoms with Crippen molar-refractivity contribution in [1.29, 1.82) is 0 Å². The van der Waals surface area contributed by atoms with Crippen LogP contribution in [-0.4, -0.2) is 21.3 Å². The van der Waals surface area contributed by atoms with E-state index in [1.165, 1.54) is 0 Å². The Balaban J connectivity index is 2.60. The smallest absolute Gasteiger partial charge is 0.161 e. The summed E-state index contributed by atoms with van der Waals surface area (Å²) in [6, 6.07) is 5.75. The van der Waals surface area contributed by atoms with Crippen molar-refractivity contribution in [2.75, 3.05) is 21.3 Å². The summed E-state index contributed by atoms with van der Waals surface area (Å²) < 4.78 is 17.1. The number of nitrogens with one attached hydrogen (secondary N) is 1. The van der Waals surface area contributed by atoms with E-state index in [9.17, 15) is 0 Å². The summed E-state index contributed by atoms with van der Waals surface area (Å²) in [4.78, 5) is 0. The lowest BCUT2D eigenvalue weighted by Crippen LogP contribution is -2.07. The molecule has 2 aromatic rings. The summed E-state index contributed by atoms with van der Waals surface area (Å²) in [6.07, 6.45) is 1.65. The largest absolute Gasteiger partial charge is 0.493 e. The van der Waals surface area contributed by atoms with Gasteiger partial charge in [-0.3, -0.25) is 0 Å². The van der Waals surface area contributed by atoms with Crippen molar-refractivity contribution in [2.45, 2.75) is 6.54 Å². The van der Waals surface area contributed by atoms with Crippen LogP contribution in [0.25, 0.3) is 11.3 Å². The summed E-state index contributed by atoms with van der Waals surface area (Å²) in [5.74, 6) is 2.17. The first-order chi connectivity index (χ1) is 9.21. The van der Waals surface area contributed by atoms with Gasteiger partial charge < -0.3 is 19.2 Å². The van der Waals surface area contributed by atoms with Crippen LogP contribution in [-0.2, 0) is 6.54 Å². The zero-order chi connectivity index (χ0) is 13.8. The van der Waals surface area contributed by atoms with E-state index in [4.69, 9.17) is 13.9 Å². The molecule has 102 valence electrons. The Bertz CT molecular complexity index is 566. The fraction of sp³-hybridized carbons (Fsp3) is 0.286. The Labute approximate surface area is 120 Å². The molecule has 0 aliphatic heterocycles. The molecule has 0 aliphatic rings. The molecule has 4 nitrogen and oxygen atoms in total. The number of hydrogen-bond acceptors (Lipinski definition) is 4. The molecule has 0 spiro atoms. The molecule has 0 saturated carbocycles. The predicted molar refractivity (Wildman–Crippen MR) is 77.7 cm³/mol. The number of furan rings is 1. The van der Waals surface area contributed by atoms with Crippen molar-refractivity contribution in [2.24, 2.45) is 0 Å². The third kappa shape index (κ3) is 2.77. The quantitative estimate of drug-likeness (QED) is 0.914. The van der Waals surface area contributed by atoms with Crippen LogP contribution in [0.15, 0.2) is 33.4 Å². The van der Waals surface area contributed by atoms with Gasteiger partial charge in [-0.25, -0.2) is 0 Å². The van der Waals surface area contributed by atoms with Crippen LogP contribution in [0.2, 0.25) is 0 Å². The van der Waals surface area contributed by atoms with Crippen LogP contribution in [0.3, 0.4) is 0 Å². The fourth-order valence-corrected chi connectivity index (χ4v) is 2.37. The van der Waals surface area contributed by atoms with Gasteiger partial charge in [0, 0.05) is 12.1 Å². The monoisotopic (exact) mass is 325 g/mol. The zero-order valence-corrected chi connectivity index (χ0v) is 12.7. The number of methoxy groups -OCH3 is 2. The Morgan fingerprint density at radius 1 is 1.21 bits per heavy atom. The lowest BCUT2D eigenvalue weighted by Gasteiger charge is -2.14. The maximum Gasteiger partial charge on any atom is 0.161 e. The van der Waals surface area contributed by atoms with Crippen molar-refractivity contribution in [3.8, 4) is 22.8 Å². The first-order valence-corrected chi connectivity index (χ1v) is 6.63. The molecule has 2 rings (SSSR count). The molecular weight excluding hydrogens is 310 g/mol. The molecule has 0 fully saturated rings. The number of hydrogen-bond donors (Lipinski definition) is 1. The molecule has 0 atom stereocenters. The SMILES string of the molecule is CNCc1cc(OC)c(OC)cc1-c1occc1Br. The summed E-state index contributed by atoms with van der Waals surface area (Å²) in [6.45, 7) is 0.711. The van der Waals surface area contributed by atoms with Gasteiger partial charge in [0.05, 0.1) is 25.0 Å². The van der Waals surface area contributed by atoms with Crippen molar-refractivity contribution in [3.05, 3.63) is 34.5 Å². The third-order valence-corrected chi connectivity index (χ3v) is 3.46. The van der Waals surface area contributed by atoms with Crippen LogP contribution in [0, 0.1) is 0 Å². The minimum Gasteiger partial charge on any atom is -0.493 e. The van der Waals surface area contributed by atoms with Crippen LogP contribution >= 0.6 is 15.9 Å². The molecule has 0 bridgehead atoms. The minimum absolute atomic E-state index is 0.681. The van der Waals surface area contributed by atoms with Crippen molar-refractivity contribution < 1.29 is 13.9 Å².